The maximum absolute atomic E-state index is 12.6. The zero-order valence-electron chi connectivity index (χ0n) is 12.6. The summed E-state index contributed by atoms with van der Waals surface area (Å²) >= 11 is 1.48. The first-order valence-electron chi connectivity index (χ1n) is 7.22. The summed E-state index contributed by atoms with van der Waals surface area (Å²) in [4.78, 5) is 17.0. The predicted molar refractivity (Wildman–Crippen MR) is 90.7 cm³/mol. The highest BCUT2D eigenvalue weighted by atomic mass is 32.2. The molecule has 0 fully saturated rings. The smallest absolute Gasteiger partial charge is 0.272 e. The van der Waals surface area contributed by atoms with Crippen LogP contribution in [-0.2, 0) is 0 Å². The maximum Gasteiger partial charge on any atom is 0.272 e. The standard InChI is InChI=1S/C17H17N3O2S/c1-23-17-19-15(14-9-5-6-10-20(14)17)16(22)18-13(11-21)12-7-3-2-4-8-12/h2-10,13,21H,11H2,1H3,(H,18,22). The first-order chi connectivity index (χ1) is 11.2. The second kappa shape index (κ2) is 6.85. The molecule has 0 bridgehead atoms. The summed E-state index contributed by atoms with van der Waals surface area (Å²) in [6, 6.07) is 14.6. The van der Waals surface area contributed by atoms with E-state index in [2.05, 4.69) is 10.3 Å². The number of imidazole rings is 1. The van der Waals surface area contributed by atoms with Gasteiger partial charge in [0, 0.05) is 6.20 Å². The van der Waals surface area contributed by atoms with Crippen LogP contribution in [0.4, 0.5) is 0 Å². The summed E-state index contributed by atoms with van der Waals surface area (Å²) < 4.78 is 1.88. The van der Waals surface area contributed by atoms with Gasteiger partial charge in [-0.15, -0.1) is 0 Å². The number of rotatable bonds is 5. The zero-order chi connectivity index (χ0) is 16.2. The number of nitrogens with zero attached hydrogens (tertiary/aromatic N) is 2. The summed E-state index contributed by atoms with van der Waals surface area (Å²) in [5.41, 5.74) is 1.97. The van der Waals surface area contributed by atoms with Crippen LogP contribution in [0.3, 0.4) is 0 Å². The van der Waals surface area contributed by atoms with E-state index < -0.39 is 6.04 Å². The third kappa shape index (κ3) is 3.09. The first-order valence-corrected chi connectivity index (χ1v) is 8.45. The monoisotopic (exact) mass is 327 g/mol. The number of amides is 1. The number of aliphatic hydroxyl groups is 1. The molecule has 1 atom stereocenters. The second-order valence-electron chi connectivity index (χ2n) is 5.02. The van der Waals surface area contributed by atoms with Gasteiger partial charge in [0.1, 0.15) is 0 Å². The Morgan fingerprint density at radius 3 is 2.70 bits per heavy atom. The van der Waals surface area contributed by atoms with Crippen molar-refractivity contribution >= 4 is 23.2 Å². The molecule has 2 aromatic heterocycles. The minimum absolute atomic E-state index is 0.170. The lowest BCUT2D eigenvalue weighted by molar-refractivity contribution is 0.0913. The normalized spacial score (nSPS) is 12.3. The van der Waals surface area contributed by atoms with Crippen molar-refractivity contribution in [2.75, 3.05) is 12.9 Å². The number of fused-ring (bicyclic) bond motifs is 1. The van der Waals surface area contributed by atoms with Gasteiger partial charge in [-0.05, 0) is 24.0 Å². The Balaban J connectivity index is 1.91. The van der Waals surface area contributed by atoms with Gasteiger partial charge in [0.2, 0.25) is 0 Å². The Labute approximate surface area is 138 Å². The highest BCUT2D eigenvalue weighted by Crippen LogP contribution is 2.21. The van der Waals surface area contributed by atoms with Crippen molar-refractivity contribution < 1.29 is 9.90 Å². The number of carbonyl (C=O) groups excluding carboxylic acids is 1. The molecule has 0 radical (unpaired) electrons. The van der Waals surface area contributed by atoms with E-state index in [1.807, 2.05) is 65.4 Å². The molecule has 0 aliphatic carbocycles. The van der Waals surface area contributed by atoms with Gasteiger partial charge in [-0.3, -0.25) is 9.20 Å². The molecule has 3 aromatic rings. The average Bonchev–Trinajstić information content (AvgIpc) is 2.99. The van der Waals surface area contributed by atoms with Crippen LogP contribution in [0.15, 0.2) is 59.9 Å². The number of pyridine rings is 1. The Morgan fingerprint density at radius 2 is 2.00 bits per heavy atom. The van der Waals surface area contributed by atoms with E-state index in [1.54, 1.807) is 0 Å². The fraction of sp³-hybridized carbons (Fsp3) is 0.176. The van der Waals surface area contributed by atoms with Crippen molar-refractivity contribution in [3.05, 3.63) is 66.0 Å². The van der Waals surface area contributed by atoms with Crippen molar-refractivity contribution in [3.63, 3.8) is 0 Å². The molecule has 2 N–H and O–H groups in total. The molecule has 6 heteroatoms. The lowest BCUT2D eigenvalue weighted by Crippen LogP contribution is -2.31. The van der Waals surface area contributed by atoms with Crippen molar-refractivity contribution in [2.45, 2.75) is 11.2 Å². The van der Waals surface area contributed by atoms with Gasteiger partial charge in [0.15, 0.2) is 10.9 Å². The van der Waals surface area contributed by atoms with E-state index in [9.17, 15) is 9.90 Å². The van der Waals surface area contributed by atoms with Gasteiger partial charge in [-0.25, -0.2) is 4.98 Å². The van der Waals surface area contributed by atoms with Crippen LogP contribution < -0.4 is 5.32 Å². The summed E-state index contributed by atoms with van der Waals surface area (Å²) in [5, 5.41) is 13.2. The van der Waals surface area contributed by atoms with Crippen molar-refractivity contribution in [1.82, 2.24) is 14.7 Å². The number of carbonyl (C=O) groups is 1. The number of hydrogen-bond donors (Lipinski definition) is 2. The van der Waals surface area contributed by atoms with E-state index >= 15 is 0 Å². The van der Waals surface area contributed by atoms with Crippen molar-refractivity contribution in [1.29, 1.82) is 0 Å². The molecule has 0 spiro atoms. The maximum atomic E-state index is 12.6. The van der Waals surface area contributed by atoms with Crippen LogP contribution >= 0.6 is 11.8 Å². The van der Waals surface area contributed by atoms with Crippen LogP contribution in [-0.4, -0.2) is 33.3 Å². The second-order valence-corrected chi connectivity index (χ2v) is 5.80. The lowest BCUT2D eigenvalue weighted by atomic mass is 10.1. The molecule has 1 amide bonds. The molecule has 1 unspecified atom stereocenters. The van der Waals surface area contributed by atoms with Crippen LogP contribution in [0, 0.1) is 0 Å². The molecule has 0 saturated heterocycles. The Bertz CT molecular complexity index is 817. The number of nitrogens with one attached hydrogen (secondary N) is 1. The quantitative estimate of drug-likeness (QED) is 0.707. The molecule has 1 aromatic carbocycles. The molecule has 5 nitrogen and oxygen atoms in total. The molecule has 0 aliphatic heterocycles. The fourth-order valence-electron chi connectivity index (χ4n) is 2.47. The average molecular weight is 327 g/mol. The topological polar surface area (TPSA) is 66.6 Å². The van der Waals surface area contributed by atoms with Crippen LogP contribution in [0.5, 0.6) is 0 Å². The summed E-state index contributed by atoms with van der Waals surface area (Å²) in [5.74, 6) is -0.295. The molecule has 0 saturated carbocycles. The minimum Gasteiger partial charge on any atom is -0.394 e. The van der Waals surface area contributed by atoms with Gasteiger partial charge in [0.05, 0.1) is 18.2 Å². The SMILES string of the molecule is CSc1nc(C(=O)NC(CO)c2ccccc2)c2ccccn12. The predicted octanol–water partition coefficient (Wildman–Crippen LogP) is 2.52. The number of benzene rings is 1. The molecule has 3 rings (SSSR count). The highest BCUT2D eigenvalue weighted by Gasteiger charge is 2.20. The summed E-state index contributed by atoms with van der Waals surface area (Å²) in [6.07, 6.45) is 3.80. The third-order valence-corrected chi connectivity index (χ3v) is 4.26. The van der Waals surface area contributed by atoms with Gasteiger partial charge < -0.3 is 10.4 Å². The molecular formula is C17H17N3O2S. The Hall–Kier alpha value is -2.31. The number of thioether (sulfide) groups is 1. The van der Waals surface area contributed by atoms with Crippen LogP contribution in [0.1, 0.15) is 22.1 Å². The number of aliphatic hydroxyl groups excluding tert-OH is 1. The molecule has 0 aliphatic rings. The zero-order valence-corrected chi connectivity index (χ0v) is 13.5. The van der Waals surface area contributed by atoms with E-state index in [4.69, 9.17) is 0 Å². The molecule has 2 heterocycles. The van der Waals surface area contributed by atoms with E-state index in [-0.39, 0.29) is 12.5 Å². The summed E-state index contributed by atoms with van der Waals surface area (Å²) in [6.45, 7) is -0.170. The fourth-order valence-corrected chi connectivity index (χ4v) is 3.01. The van der Waals surface area contributed by atoms with Crippen LogP contribution in [0.2, 0.25) is 0 Å². The first kappa shape index (κ1) is 15.6. The lowest BCUT2D eigenvalue weighted by Gasteiger charge is -2.16. The van der Waals surface area contributed by atoms with E-state index in [1.165, 1.54) is 11.8 Å². The Kier molecular flexibility index (Phi) is 4.64. The highest BCUT2D eigenvalue weighted by molar-refractivity contribution is 7.98. The molecular weight excluding hydrogens is 310 g/mol. The summed E-state index contributed by atoms with van der Waals surface area (Å²) in [7, 11) is 0. The largest absolute Gasteiger partial charge is 0.394 e. The Morgan fingerprint density at radius 1 is 1.26 bits per heavy atom. The van der Waals surface area contributed by atoms with Crippen LogP contribution in [0.25, 0.3) is 5.52 Å². The molecule has 118 valence electrons. The van der Waals surface area contributed by atoms with Gasteiger partial charge in [0.25, 0.3) is 5.91 Å². The van der Waals surface area contributed by atoms with E-state index in [0.717, 1.165) is 16.2 Å². The number of hydrogen-bond acceptors (Lipinski definition) is 4. The van der Waals surface area contributed by atoms with Gasteiger partial charge >= 0.3 is 0 Å². The van der Waals surface area contributed by atoms with Gasteiger partial charge in [-0.1, -0.05) is 48.2 Å². The third-order valence-electron chi connectivity index (χ3n) is 3.60. The molecule has 23 heavy (non-hydrogen) atoms. The van der Waals surface area contributed by atoms with Crippen molar-refractivity contribution in [2.24, 2.45) is 0 Å². The van der Waals surface area contributed by atoms with Gasteiger partial charge in [-0.2, -0.15) is 0 Å². The minimum atomic E-state index is -0.457. The van der Waals surface area contributed by atoms with E-state index in [0.29, 0.717) is 5.69 Å². The van der Waals surface area contributed by atoms with Crippen molar-refractivity contribution in [3.8, 4) is 0 Å². The number of aromatic nitrogens is 2.